The number of nitrogens with one attached hydrogen (secondary N) is 2. The van der Waals surface area contributed by atoms with Crippen LogP contribution in [0.15, 0.2) is 42.6 Å². The number of alkyl halides is 3. The lowest BCUT2D eigenvalue weighted by atomic mass is 9.92. The number of aromatic nitrogens is 2. The van der Waals surface area contributed by atoms with E-state index in [4.69, 9.17) is 0 Å². The number of hydrogen-bond acceptors (Lipinski definition) is 5. The van der Waals surface area contributed by atoms with Crippen molar-refractivity contribution in [2.75, 3.05) is 29.9 Å². The molecule has 2 atom stereocenters. The van der Waals surface area contributed by atoms with Crippen LogP contribution in [0.5, 0.6) is 0 Å². The molecule has 0 amide bonds. The van der Waals surface area contributed by atoms with E-state index in [9.17, 15) is 13.2 Å². The normalized spacial score (nSPS) is 21.1. The minimum Gasteiger partial charge on any atom is -0.370 e. The van der Waals surface area contributed by atoms with Crippen molar-refractivity contribution in [1.29, 1.82) is 0 Å². The fourth-order valence-corrected chi connectivity index (χ4v) is 5.02. The molecule has 2 N–H and O–H groups in total. The van der Waals surface area contributed by atoms with Gasteiger partial charge in [-0.2, -0.15) is 18.3 Å². The molecule has 0 saturated carbocycles. The van der Waals surface area contributed by atoms with Crippen LogP contribution in [-0.2, 0) is 12.7 Å². The summed E-state index contributed by atoms with van der Waals surface area (Å²) in [5.74, 6) is 1.35. The number of halogens is 3. The molecular formula is C24H26F3N5. The molecule has 0 spiro atoms. The van der Waals surface area contributed by atoms with E-state index < -0.39 is 11.7 Å². The summed E-state index contributed by atoms with van der Waals surface area (Å²) >= 11 is 0. The summed E-state index contributed by atoms with van der Waals surface area (Å²) in [6.07, 6.45) is -0.209. The smallest absolute Gasteiger partial charge is 0.370 e. The maximum absolute atomic E-state index is 13.3. The van der Waals surface area contributed by atoms with Gasteiger partial charge in [0.25, 0.3) is 0 Å². The highest BCUT2D eigenvalue weighted by atomic mass is 19.4. The number of piperidine rings is 1. The molecule has 1 aromatic heterocycles. The molecule has 2 unspecified atom stereocenters. The summed E-state index contributed by atoms with van der Waals surface area (Å²) in [5, 5.41) is 17.0. The molecule has 2 aliphatic heterocycles. The lowest BCUT2D eigenvalue weighted by Gasteiger charge is -2.36. The average molecular weight is 442 g/mol. The maximum Gasteiger partial charge on any atom is 0.416 e. The first-order valence-electron chi connectivity index (χ1n) is 11.0. The van der Waals surface area contributed by atoms with Crippen LogP contribution in [0.3, 0.4) is 0 Å². The van der Waals surface area contributed by atoms with Gasteiger partial charge in [-0.1, -0.05) is 18.2 Å². The van der Waals surface area contributed by atoms with Gasteiger partial charge in [0.15, 0.2) is 5.82 Å². The van der Waals surface area contributed by atoms with Crippen molar-refractivity contribution < 1.29 is 13.2 Å². The van der Waals surface area contributed by atoms with Crippen molar-refractivity contribution in [3.63, 3.8) is 0 Å². The molecule has 0 radical (unpaired) electrons. The Labute approximate surface area is 185 Å². The summed E-state index contributed by atoms with van der Waals surface area (Å²) in [6.45, 7) is 4.86. The first-order valence-corrected chi connectivity index (χ1v) is 11.0. The number of anilines is 2. The van der Waals surface area contributed by atoms with Gasteiger partial charge in [-0.05, 0) is 61.6 Å². The van der Waals surface area contributed by atoms with E-state index in [2.05, 4.69) is 37.9 Å². The zero-order valence-corrected chi connectivity index (χ0v) is 17.9. The standard InChI is InChI=1S/C24H26F3N5/c1-15-17(3-2-4-21(15)24(25,26)27)12-29-23-20-11-19(6-5-18(20)13-30-31-23)32-10-8-16-7-9-28-22(16)14-32/h2-6,11,13,16,22,28H,7-10,12,14H2,1H3,(H,29,31). The molecule has 8 heteroatoms. The summed E-state index contributed by atoms with van der Waals surface area (Å²) in [6, 6.07) is 11.1. The van der Waals surface area contributed by atoms with Crippen molar-refractivity contribution in [2.45, 2.75) is 38.5 Å². The molecule has 5 rings (SSSR count). The SMILES string of the molecule is Cc1c(CNc2nncc3ccc(N4CCC5CCNC5C4)cc23)cccc1C(F)(F)F. The molecule has 5 nitrogen and oxygen atoms in total. The molecule has 2 aliphatic rings. The van der Waals surface area contributed by atoms with E-state index >= 15 is 0 Å². The van der Waals surface area contributed by atoms with Crippen molar-refractivity contribution in [1.82, 2.24) is 15.5 Å². The van der Waals surface area contributed by atoms with Gasteiger partial charge >= 0.3 is 6.18 Å². The van der Waals surface area contributed by atoms with E-state index in [1.807, 2.05) is 6.07 Å². The molecule has 32 heavy (non-hydrogen) atoms. The average Bonchev–Trinajstić information content (AvgIpc) is 3.25. The van der Waals surface area contributed by atoms with Gasteiger partial charge in [0.1, 0.15) is 0 Å². The van der Waals surface area contributed by atoms with E-state index in [1.165, 1.54) is 25.8 Å². The monoisotopic (exact) mass is 441 g/mol. The van der Waals surface area contributed by atoms with Gasteiger partial charge in [0.05, 0.1) is 11.8 Å². The van der Waals surface area contributed by atoms with Crippen molar-refractivity contribution >= 4 is 22.3 Å². The Morgan fingerprint density at radius 3 is 2.91 bits per heavy atom. The molecule has 3 aromatic rings. The van der Waals surface area contributed by atoms with Crippen LogP contribution in [0, 0.1) is 12.8 Å². The third-order valence-electron chi connectivity index (χ3n) is 6.89. The van der Waals surface area contributed by atoms with Crippen molar-refractivity contribution in [2.24, 2.45) is 5.92 Å². The Kier molecular flexibility index (Phi) is 5.41. The molecule has 3 heterocycles. The maximum atomic E-state index is 13.3. The minimum absolute atomic E-state index is 0.230. The molecule has 2 aromatic carbocycles. The van der Waals surface area contributed by atoms with Crippen LogP contribution in [0.4, 0.5) is 24.7 Å². The Balaban J connectivity index is 1.40. The zero-order valence-electron chi connectivity index (χ0n) is 17.9. The second-order valence-corrected chi connectivity index (χ2v) is 8.75. The predicted molar refractivity (Wildman–Crippen MR) is 120 cm³/mol. The Morgan fingerprint density at radius 2 is 2.06 bits per heavy atom. The quantitative estimate of drug-likeness (QED) is 0.612. The molecular weight excluding hydrogens is 415 g/mol. The lowest BCUT2D eigenvalue weighted by molar-refractivity contribution is -0.138. The van der Waals surface area contributed by atoms with Gasteiger partial charge in [-0.25, -0.2) is 0 Å². The number of fused-ring (bicyclic) bond motifs is 2. The summed E-state index contributed by atoms with van der Waals surface area (Å²) in [7, 11) is 0. The lowest BCUT2D eigenvalue weighted by Crippen LogP contribution is -2.46. The Hall–Kier alpha value is -2.87. The fourth-order valence-electron chi connectivity index (χ4n) is 5.02. The topological polar surface area (TPSA) is 53.1 Å². The van der Waals surface area contributed by atoms with Gasteiger partial charge in [0.2, 0.25) is 0 Å². The third kappa shape index (κ3) is 3.99. The highest BCUT2D eigenvalue weighted by Gasteiger charge is 2.33. The molecule has 0 aliphatic carbocycles. The van der Waals surface area contributed by atoms with E-state index in [0.717, 1.165) is 48.1 Å². The summed E-state index contributed by atoms with van der Waals surface area (Å²) in [4.78, 5) is 2.40. The van der Waals surface area contributed by atoms with Gasteiger partial charge in [-0.3, -0.25) is 0 Å². The first-order chi connectivity index (χ1) is 15.4. The second kappa shape index (κ2) is 8.24. The Morgan fingerprint density at radius 1 is 1.19 bits per heavy atom. The minimum atomic E-state index is -4.37. The summed E-state index contributed by atoms with van der Waals surface area (Å²) in [5.41, 5.74) is 1.35. The van der Waals surface area contributed by atoms with Crippen LogP contribution in [0.2, 0.25) is 0 Å². The van der Waals surface area contributed by atoms with E-state index in [1.54, 1.807) is 12.3 Å². The molecule has 168 valence electrons. The highest BCUT2D eigenvalue weighted by molar-refractivity contribution is 5.93. The van der Waals surface area contributed by atoms with Crippen molar-refractivity contribution in [3.8, 4) is 0 Å². The molecule has 2 fully saturated rings. The van der Waals surface area contributed by atoms with Crippen LogP contribution in [-0.4, -0.2) is 35.9 Å². The largest absolute Gasteiger partial charge is 0.416 e. The predicted octanol–water partition coefficient (Wildman–Crippen LogP) is 4.76. The van der Waals surface area contributed by atoms with E-state index in [0.29, 0.717) is 17.4 Å². The van der Waals surface area contributed by atoms with Crippen LogP contribution in [0.25, 0.3) is 10.8 Å². The second-order valence-electron chi connectivity index (χ2n) is 8.75. The zero-order chi connectivity index (χ0) is 22.3. The number of benzene rings is 2. The molecule has 0 bridgehead atoms. The Bertz CT molecular complexity index is 1130. The van der Waals surface area contributed by atoms with Crippen LogP contribution in [0.1, 0.15) is 29.5 Å². The fraction of sp³-hybridized carbons (Fsp3) is 0.417. The first kappa shape index (κ1) is 21.0. The van der Waals surface area contributed by atoms with Gasteiger partial charge < -0.3 is 15.5 Å². The summed E-state index contributed by atoms with van der Waals surface area (Å²) < 4.78 is 39.8. The van der Waals surface area contributed by atoms with E-state index in [-0.39, 0.29) is 12.1 Å². The molecule has 2 saturated heterocycles. The van der Waals surface area contributed by atoms with Crippen LogP contribution >= 0.6 is 0 Å². The van der Waals surface area contributed by atoms with Crippen molar-refractivity contribution in [3.05, 3.63) is 59.3 Å². The van der Waals surface area contributed by atoms with Gasteiger partial charge in [-0.15, -0.1) is 5.10 Å². The number of rotatable bonds is 4. The van der Waals surface area contributed by atoms with Crippen LogP contribution < -0.4 is 15.5 Å². The highest BCUT2D eigenvalue weighted by Crippen LogP contribution is 2.34. The number of nitrogens with zero attached hydrogens (tertiary/aromatic N) is 3. The third-order valence-corrected chi connectivity index (χ3v) is 6.89. The number of hydrogen-bond donors (Lipinski definition) is 2. The van der Waals surface area contributed by atoms with Gasteiger partial charge in [0, 0.05) is 42.1 Å².